The fourth-order valence-corrected chi connectivity index (χ4v) is 5.74. The van der Waals surface area contributed by atoms with Crippen molar-refractivity contribution in [3.8, 4) is 11.3 Å². The molecule has 192 valence electrons. The topological polar surface area (TPSA) is 174 Å². The van der Waals surface area contributed by atoms with Crippen LogP contribution in [-0.2, 0) is 14.2 Å². The number of hydrogen-bond acceptors (Lipinski definition) is 13. The average Bonchev–Trinajstić information content (AvgIpc) is 3.29. The number of halogens is 1. The molecule has 3 unspecified atom stereocenters. The van der Waals surface area contributed by atoms with Gasteiger partial charge in [-0.05, 0) is 18.2 Å². The first kappa shape index (κ1) is 26.6. The minimum absolute atomic E-state index is 0.171. The Morgan fingerprint density at radius 3 is 2.81 bits per heavy atom. The number of methoxy groups -OCH3 is 1. The molecule has 3 aromatic rings. The highest BCUT2D eigenvalue weighted by atomic mass is 35.5. The molecule has 4 heterocycles. The molecule has 0 radical (unpaired) electrons. The van der Waals surface area contributed by atoms with Crippen LogP contribution in [0.2, 0.25) is 5.02 Å². The van der Waals surface area contributed by atoms with Crippen LogP contribution >= 0.6 is 34.7 Å². The number of hydrogen-bond donors (Lipinski definition) is 4. The Hall–Kier alpha value is -2.49. The van der Waals surface area contributed by atoms with Gasteiger partial charge in [0.2, 0.25) is 0 Å². The third kappa shape index (κ3) is 6.44. The van der Waals surface area contributed by atoms with E-state index in [1.165, 1.54) is 28.1 Å². The first-order valence-electron chi connectivity index (χ1n) is 10.8. The highest BCUT2D eigenvalue weighted by Gasteiger charge is 2.37. The van der Waals surface area contributed by atoms with Gasteiger partial charge < -0.3 is 36.4 Å². The lowest BCUT2D eigenvalue weighted by atomic mass is 10.1. The number of nitrogens with zero attached hydrogens (tertiary/aromatic N) is 4. The van der Waals surface area contributed by atoms with Gasteiger partial charge >= 0.3 is 0 Å². The summed E-state index contributed by atoms with van der Waals surface area (Å²) < 4.78 is 17.8. The molecule has 0 saturated carbocycles. The predicted molar refractivity (Wildman–Crippen MR) is 141 cm³/mol. The van der Waals surface area contributed by atoms with Gasteiger partial charge in [0.15, 0.2) is 5.13 Å². The lowest BCUT2D eigenvalue weighted by Crippen LogP contribution is -2.56. The lowest BCUT2D eigenvalue weighted by molar-refractivity contribution is -0.131. The fourth-order valence-electron chi connectivity index (χ4n) is 3.59. The number of ether oxygens (including phenoxy) is 3. The molecule has 0 aliphatic carbocycles. The molecule has 1 aliphatic rings. The number of rotatable bonds is 7. The van der Waals surface area contributed by atoms with E-state index in [9.17, 15) is 0 Å². The van der Waals surface area contributed by atoms with Crippen molar-refractivity contribution in [2.45, 2.75) is 28.7 Å². The van der Waals surface area contributed by atoms with Gasteiger partial charge in [-0.3, -0.25) is 9.97 Å². The van der Waals surface area contributed by atoms with Gasteiger partial charge in [0.1, 0.15) is 23.5 Å². The Bertz CT molecular complexity index is 1190. The van der Waals surface area contributed by atoms with Crippen LogP contribution in [-0.4, -0.2) is 64.1 Å². The van der Waals surface area contributed by atoms with Gasteiger partial charge in [0.25, 0.3) is 0 Å². The van der Waals surface area contributed by atoms with E-state index in [1.54, 1.807) is 37.3 Å². The molecule has 8 N–H and O–H groups in total. The van der Waals surface area contributed by atoms with Crippen molar-refractivity contribution in [1.82, 2.24) is 20.0 Å². The zero-order chi connectivity index (χ0) is 25.7. The standard InChI is InChI=1S/C22H27ClN8O3S2/c1-32-20-16(31(27)8-14(24)15-11-35-22(26)30-15)9-33-10-18(25)34-21(20)36-17-6-13(23)7-29-19(17)12-2-4-28-5-3-12/h2-8,11,16,18,20-21H,9-10,24-25,27H2,1H3,(H2,26,30)/b14-8-/t16-,18?,20?,21?/m1/s1. The van der Waals surface area contributed by atoms with Crippen molar-refractivity contribution in [1.29, 1.82) is 0 Å². The summed E-state index contributed by atoms with van der Waals surface area (Å²) in [6.45, 7) is 0.391. The van der Waals surface area contributed by atoms with Crippen LogP contribution in [0.1, 0.15) is 5.69 Å². The molecule has 4 atom stereocenters. The van der Waals surface area contributed by atoms with Gasteiger partial charge in [-0.1, -0.05) is 23.4 Å². The normalized spacial score (nSPS) is 23.2. The van der Waals surface area contributed by atoms with E-state index in [2.05, 4.69) is 15.0 Å². The molecule has 4 rings (SSSR count). The van der Waals surface area contributed by atoms with Gasteiger partial charge in [0.05, 0.1) is 35.7 Å². The van der Waals surface area contributed by atoms with E-state index in [0.717, 1.165) is 16.2 Å². The van der Waals surface area contributed by atoms with Crippen LogP contribution in [0.4, 0.5) is 5.13 Å². The number of anilines is 1. The summed E-state index contributed by atoms with van der Waals surface area (Å²) >= 11 is 8.98. The summed E-state index contributed by atoms with van der Waals surface area (Å²) in [6, 6.07) is 5.09. The number of nitrogens with two attached hydrogens (primary N) is 4. The van der Waals surface area contributed by atoms with Crippen molar-refractivity contribution < 1.29 is 14.2 Å². The van der Waals surface area contributed by atoms with E-state index in [-0.39, 0.29) is 13.2 Å². The van der Waals surface area contributed by atoms with Crippen molar-refractivity contribution in [2.75, 3.05) is 26.1 Å². The highest BCUT2D eigenvalue weighted by Crippen LogP contribution is 2.37. The molecule has 11 nitrogen and oxygen atoms in total. The van der Waals surface area contributed by atoms with E-state index < -0.39 is 23.8 Å². The van der Waals surface area contributed by atoms with Crippen LogP contribution in [0.5, 0.6) is 0 Å². The van der Waals surface area contributed by atoms with Crippen LogP contribution in [0.3, 0.4) is 0 Å². The smallest absolute Gasteiger partial charge is 0.180 e. The number of hydrazine groups is 1. The van der Waals surface area contributed by atoms with Crippen LogP contribution in [0.25, 0.3) is 17.0 Å². The van der Waals surface area contributed by atoms with Gasteiger partial charge in [0, 0.05) is 47.7 Å². The first-order chi connectivity index (χ1) is 17.4. The van der Waals surface area contributed by atoms with E-state index in [1.807, 2.05) is 18.2 Å². The maximum absolute atomic E-state index is 6.44. The van der Waals surface area contributed by atoms with Crippen molar-refractivity contribution in [3.05, 3.63) is 59.1 Å². The maximum atomic E-state index is 6.44. The second-order valence-electron chi connectivity index (χ2n) is 7.80. The number of thioether (sulfide) groups is 1. The van der Waals surface area contributed by atoms with Gasteiger partial charge in [-0.2, -0.15) is 0 Å². The second-order valence-corrected chi connectivity index (χ2v) is 10.3. The third-order valence-corrected chi connectivity index (χ3v) is 7.36. The molecule has 3 aromatic heterocycles. The van der Waals surface area contributed by atoms with Crippen LogP contribution in [0, 0.1) is 0 Å². The largest absolute Gasteiger partial charge is 0.396 e. The first-order valence-corrected chi connectivity index (χ1v) is 12.9. The number of pyridine rings is 2. The Labute approximate surface area is 221 Å². The monoisotopic (exact) mass is 550 g/mol. The summed E-state index contributed by atoms with van der Waals surface area (Å²) in [7, 11) is 1.57. The minimum Gasteiger partial charge on any atom is -0.396 e. The summed E-state index contributed by atoms with van der Waals surface area (Å²) in [6.07, 6.45) is 5.31. The number of aromatic nitrogens is 3. The molecular weight excluding hydrogens is 524 g/mol. The molecular formula is C22H27ClN8O3S2. The zero-order valence-electron chi connectivity index (χ0n) is 19.4. The molecule has 36 heavy (non-hydrogen) atoms. The van der Waals surface area contributed by atoms with E-state index in [4.69, 9.17) is 48.9 Å². The number of nitrogen functional groups attached to an aromatic ring is 1. The zero-order valence-corrected chi connectivity index (χ0v) is 21.7. The molecule has 1 fully saturated rings. The average molecular weight is 551 g/mol. The van der Waals surface area contributed by atoms with E-state index >= 15 is 0 Å². The Kier molecular flexibility index (Phi) is 8.98. The second kappa shape index (κ2) is 12.2. The summed E-state index contributed by atoms with van der Waals surface area (Å²) in [5, 5.41) is 4.09. The number of thiazole rings is 1. The van der Waals surface area contributed by atoms with Crippen molar-refractivity contribution in [2.24, 2.45) is 17.3 Å². The molecule has 14 heteroatoms. The molecule has 0 aromatic carbocycles. The van der Waals surface area contributed by atoms with Crippen LogP contribution in [0.15, 0.2) is 53.3 Å². The molecule has 0 spiro atoms. The molecule has 0 amide bonds. The molecule has 1 aliphatic heterocycles. The maximum Gasteiger partial charge on any atom is 0.180 e. The highest BCUT2D eigenvalue weighted by molar-refractivity contribution is 8.00. The predicted octanol–water partition coefficient (Wildman–Crippen LogP) is 2.10. The lowest BCUT2D eigenvalue weighted by Gasteiger charge is -2.39. The van der Waals surface area contributed by atoms with Crippen LogP contribution < -0.4 is 23.0 Å². The summed E-state index contributed by atoms with van der Waals surface area (Å²) in [5.41, 5.74) is 20.0. The fraction of sp³-hybridized carbons (Fsp3) is 0.318. The molecule has 1 saturated heterocycles. The minimum atomic E-state index is -0.678. The van der Waals surface area contributed by atoms with Gasteiger partial charge in [-0.25, -0.2) is 10.8 Å². The third-order valence-electron chi connectivity index (χ3n) is 5.30. The van der Waals surface area contributed by atoms with E-state index in [0.29, 0.717) is 21.5 Å². The summed E-state index contributed by atoms with van der Waals surface area (Å²) in [5.74, 6) is 6.44. The SMILES string of the molecule is COC1C(Sc2cc(Cl)cnc2-c2ccncc2)OC(N)COC[C@H]1N(N)/C=C(\N)c1csc(N)n1. The molecule has 0 bridgehead atoms. The van der Waals surface area contributed by atoms with Gasteiger partial charge in [-0.15, -0.1) is 11.3 Å². The Morgan fingerprint density at radius 2 is 2.11 bits per heavy atom. The van der Waals surface area contributed by atoms with Crippen molar-refractivity contribution in [3.63, 3.8) is 0 Å². The quantitative estimate of drug-likeness (QED) is 0.249. The summed E-state index contributed by atoms with van der Waals surface area (Å²) in [4.78, 5) is 13.6. The van der Waals surface area contributed by atoms with Crippen molar-refractivity contribution >= 4 is 45.5 Å². The Balaban J connectivity index is 1.65. The Morgan fingerprint density at radius 1 is 1.33 bits per heavy atom.